The van der Waals surface area contributed by atoms with Crippen LogP contribution in [-0.4, -0.2) is 33.3 Å². The summed E-state index contributed by atoms with van der Waals surface area (Å²) in [5.41, 5.74) is 0.469. The second kappa shape index (κ2) is 4.89. The van der Waals surface area contributed by atoms with Crippen molar-refractivity contribution >= 4 is 23.3 Å². The number of anilines is 1. The Morgan fingerprint density at radius 2 is 2.29 bits per heavy atom. The van der Waals surface area contributed by atoms with E-state index in [1.54, 1.807) is 0 Å². The molecule has 5 nitrogen and oxygen atoms in total. The van der Waals surface area contributed by atoms with Crippen LogP contribution in [0.1, 0.15) is 29.6 Å². The van der Waals surface area contributed by atoms with E-state index in [2.05, 4.69) is 10.3 Å². The Morgan fingerprint density at radius 1 is 1.53 bits per heavy atom. The van der Waals surface area contributed by atoms with Gasteiger partial charge in [0.25, 0.3) is 0 Å². The highest BCUT2D eigenvalue weighted by Crippen LogP contribution is 2.26. The van der Waals surface area contributed by atoms with E-state index in [4.69, 9.17) is 16.7 Å². The van der Waals surface area contributed by atoms with Crippen LogP contribution in [0.15, 0.2) is 12.3 Å². The number of aromatic carboxylic acids is 1. The maximum absolute atomic E-state index is 11.0. The Hall–Kier alpha value is -1.33. The van der Waals surface area contributed by atoms with Crippen molar-refractivity contribution in [1.82, 2.24) is 4.98 Å². The lowest BCUT2D eigenvalue weighted by Crippen LogP contribution is -2.28. The molecule has 0 amide bonds. The quantitative estimate of drug-likeness (QED) is 0.718. The summed E-state index contributed by atoms with van der Waals surface area (Å²) in [6.45, 7) is 0. The first-order valence-corrected chi connectivity index (χ1v) is 5.79. The molecule has 2 atom stereocenters. The largest absolute Gasteiger partial charge is 0.478 e. The number of hydrogen-bond donors (Lipinski definition) is 3. The molecular formula is C11H13ClN2O3. The highest BCUT2D eigenvalue weighted by atomic mass is 35.5. The van der Waals surface area contributed by atoms with Crippen LogP contribution in [0.2, 0.25) is 5.15 Å². The van der Waals surface area contributed by atoms with Gasteiger partial charge < -0.3 is 15.5 Å². The van der Waals surface area contributed by atoms with Crippen molar-refractivity contribution < 1.29 is 15.0 Å². The second-order valence-electron chi connectivity index (χ2n) is 4.11. The third-order valence-electron chi connectivity index (χ3n) is 2.92. The summed E-state index contributed by atoms with van der Waals surface area (Å²) in [5.74, 6) is -1.07. The Bertz CT molecular complexity index is 439. The maximum atomic E-state index is 11.0. The average Bonchev–Trinajstić information content (AvgIpc) is 2.64. The Labute approximate surface area is 103 Å². The zero-order chi connectivity index (χ0) is 12.4. The number of rotatable bonds is 3. The normalized spacial score (nSPS) is 23.6. The fourth-order valence-corrected chi connectivity index (χ4v) is 2.19. The molecule has 0 spiro atoms. The molecular weight excluding hydrogens is 244 g/mol. The van der Waals surface area contributed by atoms with Crippen molar-refractivity contribution in [3.05, 3.63) is 23.0 Å². The third-order valence-corrected chi connectivity index (χ3v) is 3.13. The van der Waals surface area contributed by atoms with Crippen LogP contribution in [0, 0.1) is 0 Å². The van der Waals surface area contributed by atoms with Gasteiger partial charge in [-0.05, 0) is 25.3 Å². The van der Waals surface area contributed by atoms with E-state index < -0.39 is 12.1 Å². The Balaban J connectivity index is 2.24. The Kier molecular flexibility index (Phi) is 3.49. The van der Waals surface area contributed by atoms with Crippen molar-refractivity contribution in [3.8, 4) is 0 Å². The molecule has 1 aromatic rings. The molecule has 0 aromatic carbocycles. The molecule has 1 aliphatic rings. The summed E-state index contributed by atoms with van der Waals surface area (Å²) < 4.78 is 0. The number of pyridine rings is 1. The van der Waals surface area contributed by atoms with Gasteiger partial charge in [0, 0.05) is 6.20 Å². The molecule has 1 fully saturated rings. The molecule has 92 valence electrons. The molecule has 3 N–H and O–H groups in total. The summed E-state index contributed by atoms with van der Waals surface area (Å²) in [5, 5.41) is 22.0. The SMILES string of the molecule is O=C(O)c1cnc(Cl)cc1N[C@@H]1CCC[C@H]1O. The van der Waals surface area contributed by atoms with E-state index in [0.29, 0.717) is 5.69 Å². The number of carboxylic acids is 1. The average molecular weight is 257 g/mol. The van der Waals surface area contributed by atoms with Gasteiger partial charge in [-0.15, -0.1) is 0 Å². The maximum Gasteiger partial charge on any atom is 0.339 e. The van der Waals surface area contributed by atoms with Crippen molar-refractivity contribution in [2.75, 3.05) is 5.32 Å². The van der Waals surface area contributed by atoms with Crippen LogP contribution in [0.5, 0.6) is 0 Å². The van der Waals surface area contributed by atoms with Gasteiger partial charge >= 0.3 is 5.97 Å². The standard InChI is InChI=1S/C11H13ClN2O3/c12-10-4-8(6(5-13-10)11(16)17)14-7-2-1-3-9(7)15/h4-5,7,9,15H,1-3H2,(H,13,14)(H,16,17)/t7-,9-/m1/s1. The summed E-state index contributed by atoms with van der Waals surface area (Å²) in [7, 11) is 0. The zero-order valence-electron chi connectivity index (χ0n) is 9.06. The minimum absolute atomic E-state index is 0.0634. The molecule has 6 heteroatoms. The highest BCUT2D eigenvalue weighted by molar-refractivity contribution is 6.29. The predicted octanol–water partition coefficient (Wildman–Crippen LogP) is 1.76. The van der Waals surface area contributed by atoms with Crippen LogP contribution in [0.4, 0.5) is 5.69 Å². The smallest absolute Gasteiger partial charge is 0.339 e. The number of aromatic nitrogens is 1. The number of carboxylic acid groups (broad SMARTS) is 1. The van der Waals surface area contributed by atoms with Crippen molar-refractivity contribution in [1.29, 1.82) is 0 Å². The number of aliphatic hydroxyl groups excluding tert-OH is 1. The minimum atomic E-state index is -1.07. The second-order valence-corrected chi connectivity index (χ2v) is 4.49. The molecule has 1 saturated carbocycles. The highest BCUT2D eigenvalue weighted by Gasteiger charge is 2.26. The van der Waals surface area contributed by atoms with Gasteiger partial charge in [0.05, 0.1) is 17.8 Å². The summed E-state index contributed by atoms with van der Waals surface area (Å²) in [6.07, 6.45) is 3.26. The van der Waals surface area contributed by atoms with Crippen molar-refractivity contribution in [2.24, 2.45) is 0 Å². The lowest BCUT2D eigenvalue weighted by atomic mass is 10.1. The van der Waals surface area contributed by atoms with Gasteiger partial charge in [-0.2, -0.15) is 0 Å². The molecule has 1 aromatic heterocycles. The van der Waals surface area contributed by atoms with E-state index in [1.165, 1.54) is 12.3 Å². The van der Waals surface area contributed by atoms with E-state index in [1.807, 2.05) is 0 Å². The molecule has 0 saturated heterocycles. The van der Waals surface area contributed by atoms with Gasteiger partial charge in [0.1, 0.15) is 10.7 Å². The van der Waals surface area contributed by atoms with E-state index >= 15 is 0 Å². The third kappa shape index (κ3) is 2.68. The summed E-state index contributed by atoms with van der Waals surface area (Å²) in [6, 6.07) is 1.35. The zero-order valence-corrected chi connectivity index (χ0v) is 9.81. The van der Waals surface area contributed by atoms with Crippen LogP contribution in [0.3, 0.4) is 0 Å². The molecule has 0 unspecified atom stereocenters. The number of carbonyl (C=O) groups is 1. The number of halogens is 1. The number of nitrogens with one attached hydrogen (secondary N) is 1. The van der Waals surface area contributed by atoms with E-state index in [9.17, 15) is 9.90 Å². The fourth-order valence-electron chi connectivity index (χ4n) is 2.03. The number of hydrogen-bond acceptors (Lipinski definition) is 4. The van der Waals surface area contributed by atoms with Gasteiger partial charge in [-0.3, -0.25) is 0 Å². The molecule has 2 rings (SSSR count). The molecule has 1 heterocycles. The fraction of sp³-hybridized carbons (Fsp3) is 0.455. The number of aliphatic hydroxyl groups is 1. The minimum Gasteiger partial charge on any atom is -0.478 e. The summed E-state index contributed by atoms with van der Waals surface area (Å²) in [4.78, 5) is 14.7. The van der Waals surface area contributed by atoms with Crippen LogP contribution < -0.4 is 5.32 Å². The number of nitrogens with zero attached hydrogens (tertiary/aromatic N) is 1. The first kappa shape index (κ1) is 12.1. The van der Waals surface area contributed by atoms with Crippen molar-refractivity contribution in [3.63, 3.8) is 0 Å². The first-order chi connectivity index (χ1) is 8.08. The molecule has 0 bridgehead atoms. The molecule has 0 aliphatic heterocycles. The topological polar surface area (TPSA) is 82.5 Å². The van der Waals surface area contributed by atoms with Gasteiger partial charge in [0.15, 0.2) is 0 Å². The van der Waals surface area contributed by atoms with Crippen LogP contribution in [-0.2, 0) is 0 Å². The molecule has 17 heavy (non-hydrogen) atoms. The van der Waals surface area contributed by atoms with Gasteiger partial charge in [-0.1, -0.05) is 11.6 Å². The van der Waals surface area contributed by atoms with E-state index in [-0.39, 0.29) is 16.8 Å². The van der Waals surface area contributed by atoms with E-state index in [0.717, 1.165) is 19.3 Å². The lowest BCUT2D eigenvalue weighted by Gasteiger charge is -2.19. The molecule has 1 aliphatic carbocycles. The predicted molar refractivity (Wildman–Crippen MR) is 63.5 cm³/mol. The Morgan fingerprint density at radius 3 is 2.88 bits per heavy atom. The van der Waals surface area contributed by atoms with Crippen LogP contribution in [0.25, 0.3) is 0 Å². The lowest BCUT2D eigenvalue weighted by molar-refractivity contribution is 0.0697. The van der Waals surface area contributed by atoms with Crippen molar-refractivity contribution in [2.45, 2.75) is 31.4 Å². The van der Waals surface area contributed by atoms with Gasteiger partial charge in [-0.25, -0.2) is 9.78 Å². The first-order valence-electron chi connectivity index (χ1n) is 5.41. The monoisotopic (exact) mass is 256 g/mol. The molecule has 0 radical (unpaired) electrons. The van der Waals surface area contributed by atoms with Crippen LogP contribution >= 0.6 is 11.6 Å². The van der Waals surface area contributed by atoms with Gasteiger partial charge in [0.2, 0.25) is 0 Å². The summed E-state index contributed by atoms with van der Waals surface area (Å²) >= 11 is 5.74.